The van der Waals surface area contributed by atoms with E-state index in [1.807, 2.05) is 12.1 Å². The number of carbonyl (C=O) groups excluding carboxylic acids is 1. The van der Waals surface area contributed by atoms with Crippen molar-refractivity contribution < 1.29 is 4.79 Å². The highest BCUT2D eigenvalue weighted by atomic mass is 79.9. The van der Waals surface area contributed by atoms with Crippen LogP contribution in [0.5, 0.6) is 0 Å². The molecule has 1 aromatic rings. The van der Waals surface area contributed by atoms with Gasteiger partial charge >= 0.3 is 0 Å². The van der Waals surface area contributed by atoms with Gasteiger partial charge in [0.05, 0.1) is 0 Å². The highest BCUT2D eigenvalue weighted by molar-refractivity contribution is 9.10. The Kier molecular flexibility index (Phi) is 3.41. The van der Waals surface area contributed by atoms with Gasteiger partial charge in [0.2, 0.25) is 0 Å². The number of hydrogen-bond acceptors (Lipinski definition) is 2. The zero-order valence-corrected chi connectivity index (χ0v) is 10.2. The lowest BCUT2D eigenvalue weighted by atomic mass is 10.2. The normalized spacial score (nSPS) is 17.7. The second kappa shape index (κ2) is 4.79. The lowest BCUT2D eigenvalue weighted by Crippen LogP contribution is -2.24. The van der Waals surface area contributed by atoms with Crippen LogP contribution < -0.4 is 4.90 Å². The van der Waals surface area contributed by atoms with Crippen molar-refractivity contribution in [3.63, 3.8) is 0 Å². The van der Waals surface area contributed by atoms with Crippen LogP contribution in [-0.4, -0.2) is 18.9 Å². The Morgan fingerprint density at radius 3 is 2.87 bits per heavy atom. The monoisotopic (exact) mass is 267 g/mol. The molecular weight excluding hydrogens is 254 g/mol. The van der Waals surface area contributed by atoms with Crippen molar-refractivity contribution in [3.05, 3.63) is 28.7 Å². The molecule has 0 N–H and O–H groups in total. The molecule has 0 unspecified atom stereocenters. The summed E-state index contributed by atoms with van der Waals surface area (Å²) in [5.74, 6) is 0.396. The molecule has 15 heavy (non-hydrogen) atoms. The van der Waals surface area contributed by atoms with Gasteiger partial charge in [-0.05, 0) is 24.6 Å². The molecule has 1 heterocycles. The predicted molar refractivity (Wildman–Crippen MR) is 65.2 cm³/mol. The van der Waals surface area contributed by atoms with Crippen LogP contribution >= 0.6 is 15.9 Å². The number of rotatable bonds is 1. The summed E-state index contributed by atoms with van der Waals surface area (Å²) in [6.07, 6.45) is 2.41. The maximum absolute atomic E-state index is 11.3. The molecule has 0 amide bonds. The van der Waals surface area contributed by atoms with E-state index in [1.165, 1.54) is 5.69 Å². The van der Waals surface area contributed by atoms with Gasteiger partial charge in [0.15, 0.2) is 0 Å². The molecule has 1 fully saturated rings. The van der Waals surface area contributed by atoms with Crippen LogP contribution in [0.25, 0.3) is 0 Å². The number of anilines is 1. The van der Waals surface area contributed by atoms with Crippen molar-refractivity contribution >= 4 is 27.4 Å². The molecule has 3 heteroatoms. The number of nitrogens with zero attached hydrogens (tertiary/aromatic N) is 1. The summed E-state index contributed by atoms with van der Waals surface area (Å²) in [6, 6.07) is 8.26. The van der Waals surface area contributed by atoms with E-state index in [0.29, 0.717) is 12.2 Å². The minimum Gasteiger partial charge on any atom is -0.371 e. The number of halogens is 1. The van der Waals surface area contributed by atoms with Gasteiger partial charge in [-0.25, -0.2) is 0 Å². The second-order valence-electron chi connectivity index (χ2n) is 3.86. The van der Waals surface area contributed by atoms with Crippen LogP contribution in [0.3, 0.4) is 0 Å². The Bertz CT molecular complexity index is 364. The Labute approximate surface area is 98.4 Å². The van der Waals surface area contributed by atoms with Crippen LogP contribution in [0, 0.1) is 0 Å². The summed E-state index contributed by atoms with van der Waals surface area (Å²) < 4.78 is 1.09. The first-order valence-corrected chi connectivity index (χ1v) is 6.07. The lowest BCUT2D eigenvalue weighted by molar-refractivity contribution is -0.118. The maximum atomic E-state index is 11.3. The fraction of sp³-hybridized carbons (Fsp3) is 0.417. The van der Waals surface area contributed by atoms with E-state index < -0.39 is 0 Å². The van der Waals surface area contributed by atoms with Crippen LogP contribution in [0.1, 0.15) is 19.3 Å². The SMILES string of the molecule is O=C1CCCN(c2cccc(Br)c2)CC1. The molecular formula is C12H14BrNO. The molecule has 0 bridgehead atoms. The largest absolute Gasteiger partial charge is 0.371 e. The highest BCUT2D eigenvalue weighted by Gasteiger charge is 2.14. The van der Waals surface area contributed by atoms with E-state index in [9.17, 15) is 4.79 Å². The minimum atomic E-state index is 0.396. The van der Waals surface area contributed by atoms with Crippen molar-refractivity contribution in [2.45, 2.75) is 19.3 Å². The quantitative estimate of drug-likeness (QED) is 0.780. The van der Waals surface area contributed by atoms with Gasteiger partial charge in [-0.1, -0.05) is 22.0 Å². The molecule has 0 radical (unpaired) electrons. The van der Waals surface area contributed by atoms with E-state index in [-0.39, 0.29) is 0 Å². The van der Waals surface area contributed by atoms with Gasteiger partial charge in [-0.2, -0.15) is 0 Å². The number of Topliss-reactive ketones (excluding diaryl/α,β-unsaturated/α-hetero) is 1. The van der Waals surface area contributed by atoms with Crippen molar-refractivity contribution in [3.8, 4) is 0 Å². The zero-order valence-electron chi connectivity index (χ0n) is 8.58. The third kappa shape index (κ3) is 2.81. The average Bonchev–Trinajstić information content (AvgIpc) is 2.43. The van der Waals surface area contributed by atoms with Crippen LogP contribution in [-0.2, 0) is 4.79 Å². The van der Waals surface area contributed by atoms with Gasteiger partial charge in [0.25, 0.3) is 0 Å². The summed E-state index contributed by atoms with van der Waals surface area (Å²) in [6.45, 7) is 1.84. The zero-order chi connectivity index (χ0) is 10.7. The van der Waals surface area contributed by atoms with E-state index in [2.05, 4.69) is 33.0 Å². The standard InChI is InChI=1S/C12H14BrNO/c13-10-3-1-4-11(9-10)14-7-2-5-12(15)6-8-14/h1,3-4,9H,2,5-8H2. The topological polar surface area (TPSA) is 20.3 Å². The smallest absolute Gasteiger partial charge is 0.134 e. The second-order valence-corrected chi connectivity index (χ2v) is 4.77. The number of benzene rings is 1. The van der Waals surface area contributed by atoms with Crippen molar-refractivity contribution in [1.82, 2.24) is 0 Å². The van der Waals surface area contributed by atoms with E-state index in [1.54, 1.807) is 0 Å². The molecule has 0 aliphatic carbocycles. The maximum Gasteiger partial charge on any atom is 0.134 e. The summed E-state index contributed by atoms with van der Waals surface area (Å²) in [5, 5.41) is 0. The summed E-state index contributed by atoms with van der Waals surface area (Å²) in [5.41, 5.74) is 1.21. The molecule has 0 spiro atoms. The Morgan fingerprint density at radius 2 is 2.07 bits per heavy atom. The Hall–Kier alpha value is -0.830. The van der Waals surface area contributed by atoms with Crippen molar-refractivity contribution in [2.24, 2.45) is 0 Å². The molecule has 0 aromatic heterocycles. The predicted octanol–water partition coefficient (Wildman–Crippen LogP) is 3.01. The summed E-state index contributed by atoms with van der Waals surface area (Å²) >= 11 is 3.47. The molecule has 2 rings (SSSR count). The summed E-state index contributed by atoms with van der Waals surface area (Å²) in [4.78, 5) is 13.6. The molecule has 1 aliphatic heterocycles. The average molecular weight is 268 g/mol. The molecule has 1 aromatic carbocycles. The fourth-order valence-corrected chi connectivity index (χ4v) is 2.28. The minimum absolute atomic E-state index is 0.396. The van der Waals surface area contributed by atoms with Gasteiger partial charge in [0.1, 0.15) is 5.78 Å². The van der Waals surface area contributed by atoms with Gasteiger partial charge in [-0.15, -0.1) is 0 Å². The van der Waals surface area contributed by atoms with Gasteiger partial charge in [-0.3, -0.25) is 4.79 Å². The molecule has 0 saturated carbocycles. The molecule has 1 aliphatic rings. The highest BCUT2D eigenvalue weighted by Crippen LogP contribution is 2.22. The van der Waals surface area contributed by atoms with Crippen LogP contribution in [0.15, 0.2) is 28.7 Å². The molecule has 1 saturated heterocycles. The fourth-order valence-electron chi connectivity index (χ4n) is 1.89. The van der Waals surface area contributed by atoms with Crippen molar-refractivity contribution in [1.29, 1.82) is 0 Å². The van der Waals surface area contributed by atoms with E-state index >= 15 is 0 Å². The lowest BCUT2D eigenvalue weighted by Gasteiger charge is -2.22. The van der Waals surface area contributed by atoms with Crippen LogP contribution in [0.2, 0.25) is 0 Å². The van der Waals surface area contributed by atoms with E-state index in [0.717, 1.165) is 30.4 Å². The number of ketones is 1. The first-order valence-electron chi connectivity index (χ1n) is 5.28. The number of carbonyl (C=O) groups is 1. The van der Waals surface area contributed by atoms with E-state index in [4.69, 9.17) is 0 Å². The molecule has 2 nitrogen and oxygen atoms in total. The van der Waals surface area contributed by atoms with Gasteiger partial charge in [0, 0.05) is 36.1 Å². The Morgan fingerprint density at radius 1 is 1.20 bits per heavy atom. The number of hydrogen-bond donors (Lipinski definition) is 0. The molecule has 80 valence electrons. The first kappa shape index (κ1) is 10.7. The third-order valence-corrected chi connectivity index (χ3v) is 3.21. The van der Waals surface area contributed by atoms with Gasteiger partial charge < -0.3 is 4.90 Å². The Balaban J connectivity index is 2.13. The summed E-state index contributed by atoms with van der Waals surface area (Å²) in [7, 11) is 0. The molecule has 0 atom stereocenters. The first-order chi connectivity index (χ1) is 7.25. The van der Waals surface area contributed by atoms with Crippen molar-refractivity contribution in [2.75, 3.05) is 18.0 Å². The third-order valence-electron chi connectivity index (χ3n) is 2.72. The van der Waals surface area contributed by atoms with Crippen LogP contribution in [0.4, 0.5) is 5.69 Å².